The van der Waals surface area contributed by atoms with Crippen LogP contribution in [0.3, 0.4) is 0 Å². The monoisotopic (exact) mass is 341 g/mol. The Kier molecular flexibility index (Phi) is 4.34. The molecule has 1 saturated carbocycles. The van der Waals surface area contributed by atoms with Gasteiger partial charge in [-0.3, -0.25) is 0 Å². The van der Waals surface area contributed by atoms with Gasteiger partial charge in [0, 0.05) is 12.2 Å². The molecule has 26 heavy (non-hydrogen) atoms. The summed E-state index contributed by atoms with van der Waals surface area (Å²) >= 11 is 0. The van der Waals surface area contributed by atoms with Gasteiger partial charge in [-0.05, 0) is 43.2 Å². The van der Waals surface area contributed by atoms with Gasteiger partial charge >= 0.3 is 0 Å². The summed E-state index contributed by atoms with van der Waals surface area (Å²) in [5.41, 5.74) is 2.64. The largest absolute Gasteiger partial charge is 0.334 e. The van der Waals surface area contributed by atoms with E-state index in [1.165, 1.54) is 0 Å². The molecule has 0 saturated heterocycles. The van der Waals surface area contributed by atoms with Gasteiger partial charge in [0.1, 0.15) is 5.41 Å². The van der Waals surface area contributed by atoms with Crippen molar-refractivity contribution in [3.8, 4) is 6.07 Å². The van der Waals surface area contributed by atoms with Gasteiger partial charge in [0.25, 0.3) is 0 Å². The van der Waals surface area contributed by atoms with Gasteiger partial charge in [-0.2, -0.15) is 5.26 Å². The molecule has 2 aromatic carbocycles. The second kappa shape index (κ2) is 6.80. The van der Waals surface area contributed by atoms with Crippen LogP contribution in [0.4, 0.5) is 0 Å². The highest BCUT2D eigenvalue weighted by Gasteiger charge is 2.46. The number of nitrogens with zero attached hydrogens (tertiary/aromatic N) is 3. The van der Waals surface area contributed by atoms with Crippen LogP contribution < -0.4 is 0 Å². The second-order valence-corrected chi connectivity index (χ2v) is 7.28. The summed E-state index contributed by atoms with van der Waals surface area (Å²) in [4.78, 5) is 4.38. The number of nitriles is 1. The molecule has 1 aliphatic carbocycles. The van der Waals surface area contributed by atoms with Crippen LogP contribution in [0.1, 0.15) is 42.1 Å². The molecule has 3 aromatic rings. The highest BCUT2D eigenvalue weighted by molar-refractivity contribution is 5.47. The Balaban J connectivity index is 1.76. The van der Waals surface area contributed by atoms with Crippen molar-refractivity contribution >= 4 is 0 Å². The average Bonchev–Trinajstić information content (AvgIpc) is 3.34. The predicted octanol–water partition coefficient (Wildman–Crippen LogP) is 5.04. The first-order valence-electron chi connectivity index (χ1n) is 9.26. The van der Waals surface area contributed by atoms with Crippen molar-refractivity contribution in [3.05, 3.63) is 90.0 Å². The van der Waals surface area contributed by atoms with E-state index in [1.807, 2.05) is 49.6 Å². The van der Waals surface area contributed by atoms with Crippen molar-refractivity contribution in [2.24, 2.45) is 5.92 Å². The number of aromatic nitrogens is 2. The van der Waals surface area contributed by atoms with Gasteiger partial charge in [-0.25, -0.2) is 4.98 Å². The first-order valence-corrected chi connectivity index (χ1v) is 9.26. The van der Waals surface area contributed by atoms with E-state index in [1.54, 1.807) is 0 Å². The quantitative estimate of drug-likeness (QED) is 0.667. The predicted molar refractivity (Wildman–Crippen MR) is 103 cm³/mol. The highest BCUT2D eigenvalue weighted by atomic mass is 15.1. The van der Waals surface area contributed by atoms with Crippen molar-refractivity contribution in [3.63, 3.8) is 0 Å². The number of hydrogen-bond acceptors (Lipinski definition) is 2. The van der Waals surface area contributed by atoms with Crippen LogP contribution in [0.25, 0.3) is 0 Å². The van der Waals surface area contributed by atoms with E-state index in [0.29, 0.717) is 6.04 Å². The minimum atomic E-state index is -0.604. The first kappa shape index (κ1) is 16.6. The van der Waals surface area contributed by atoms with Gasteiger partial charge in [0.05, 0.1) is 18.1 Å². The van der Waals surface area contributed by atoms with E-state index >= 15 is 0 Å². The zero-order valence-electron chi connectivity index (χ0n) is 15.0. The Morgan fingerprint density at radius 1 is 1.00 bits per heavy atom. The van der Waals surface area contributed by atoms with E-state index in [4.69, 9.17) is 0 Å². The zero-order valence-corrected chi connectivity index (χ0v) is 15.0. The fourth-order valence-electron chi connectivity index (χ4n) is 4.52. The summed E-state index contributed by atoms with van der Waals surface area (Å²) in [7, 11) is 0. The lowest BCUT2D eigenvalue weighted by atomic mass is 9.66. The van der Waals surface area contributed by atoms with Gasteiger partial charge < -0.3 is 4.57 Å². The highest BCUT2D eigenvalue weighted by Crippen LogP contribution is 2.49. The van der Waals surface area contributed by atoms with E-state index in [-0.39, 0.29) is 5.92 Å². The third-order valence-electron chi connectivity index (χ3n) is 5.80. The molecule has 4 rings (SSSR count). The molecule has 0 aliphatic heterocycles. The van der Waals surface area contributed by atoms with Crippen molar-refractivity contribution in [2.45, 2.75) is 37.6 Å². The molecule has 0 radical (unpaired) electrons. The van der Waals surface area contributed by atoms with Crippen molar-refractivity contribution in [1.29, 1.82) is 5.26 Å². The van der Waals surface area contributed by atoms with E-state index < -0.39 is 5.41 Å². The van der Waals surface area contributed by atoms with E-state index in [9.17, 15) is 5.26 Å². The lowest BCUT2D eigenvalue weighted by Gasteiger charge is -2.34. The van der Waals surface area contributed by atoms with Crippen molar-refractivity contribution in [2.75, 3.05) is 0 Å². The summed E-state index contributed by atoms with van der Waals surface area (Å²) in [6.07, 6.45) is 7.17. The summed E-state index contributed by atoms with van der Waals surface area (Å²) in [5, 5.41) is 10.4. The van der Waals surface area contributed by atoms with Crippen molar-refractivity contribution < 1.29 is 0 Å². The van der Waals surface area contributed by atoms with Crippen LogP contribution in [0.2, 0.25) is 0 Å². The molecule has 0 unspecified atom stereocenters. The Morgan fingerprint density at radius 3 is 2.12 bits per heavy atom. The number of hydrogen-bond donors (Lipinski definition) is 0. The van der Waals surface area contributed by atoms with Crippen LogP contribution in [-0.2, 0) is 5.41 Å². The molecule has 1 fully saturated rings. The Hall–Kier alpha value is -2.86. The molecule has 3 heteroatoms. The minimum Gasteiger partial charge on any atom is -0.334 e. The first-order chi connectivity index (χ1) is 12.7. The van der Waals surface area contributed by atoms with Crippen LogP contribution in [0, 0.1) is 24.2 Å². The minimum absolute atomic E-state index is 0.282. The number of aryl methyl sites for hydroxylation is 1. The van der Waals surface area contributed by atoms with E-state index in [2.05, 4.69) is 46.1 Å². The lowest BCUT2D eigenvalue weighted by molar-refractivity contribution is 0.381. The molecule has 0 spiro atoms. The summed E-state index contributed by atoms with van der Waals surface area (Å²) < 4.78 is 2.23. The maximum atomic E-state index is 10.4. The molecule has 0 amide bonds. The third kappa shape index (κ3) is 2.72. The zero-order chi connectivity index (χ0) is 18.0. The summed E-state index contributed by atoms with van der Waals surface area (Å²) in [6.45, 7) is 2.02. The molecule has 0 bridgehead atoms. The average molecular weight is 341 g/mol. The Bertz CT molecular complexity index is 866. The molecular formula is C23H23N3. The van der Waals surface area contributed by atoms with Gasteiger partial charge in [0.2, 0.25) is 0 Å². The van der Waals surface area contributed by atoms with Gasteiger partial charge in [-0.15, -0.1) is 0 Å². The third-order valence-corrected chi connectivity index (χ3v) is 5.80. The number of imidazole rings is 1. The fourth-order valence-corrected chi connectivity index (χ4v) is 4.52. The van der Waals surface area contributed by atoms with Gasteiger partial charge in [0.15, 0.2) is 0 Å². The Morgan fingerprint density at radius 2 is 1.62 bits per heavy atom. The maximum absolute atomic E-state index is 10.4. The Labute approximate surface area is 154 Å². The van der Waals surface area contributed by atoms with Gasteiger partial charge in [-0.1, -0.05) is 60.7 Å². The van der Waals surface area contributed by atoms with Crippen molar-refractivity contribution in [1.82, 2.24) is 9.55 Å². The number of benzene rings is 2. The molecule has 1 aliphatic rings. The molecular weight excluding hydrogens is 318 g/mol. The van der Waals surface area contributed by atoms with Crippen LogP contribution in [-0.4, -0.2) is 9.55 Å². The molecule has 1 heterocycles. The topological polar surface area (TPSA) is 41.6 Å². The molecule has 1 aromatic heterocycles. The van der Waals surface area contributed by atoms with Crippen LogP contribution in [0.5, 0.6) is 0 Å². The molecule has 2 atom stereocenters. The van der Waals surface area contributed by atoms with Crippen LogP contribution in [0.15, 0.2) is 73.2 Å². The standard InChI is InChI=1S/C23H23N3/c1-18-15-26(17-25-18)22-13-12-21(14-22)23(16-24,19-8-4-2-5-9-19)20-10-6-3-7-11-20/h2-11,15,17,21-22H,12-14H2,1H3/t21-,22-/m1/s1. The number of rotatable bonds is 4. The molecule has 3 nitrogen and oxygen atoms in total. The van der Waals surface area contributed by atoms with Crippen LogP contribution >= 0.6 is 0 Å². The van der Waals surface area contributed by atoms with E-state index in [0.717, 1.165) is 36.1 Å². The fraction of sp³-hybridized carbons (Fsp3) is 0.304. The normalized spacial score (nSPS) is 20.0. The molecule has 130 valence electrons. The summed E-state index contributed by atoms with van der Waals surface area (Å²) in [6, 6.07) is 23.8. The smallest absolute Gasteiger partial charge is 0.110 e. The maximum Gasteiger partial charge on any atom is 0.110 e. The second-order valence-electron chi connectivity index (χ2n) is 7.28. The summed E-state index contributed by atoms with van der Waals surface area (Å²) in [5.74, 6) is 0.282. The SMILES string of the molecule is Cc1cn([C@@H]2CC[C@@H](C(C#N)(c3ccccc3)c3ccccc3)C2)cn1. The molecule has 0 N–H and O–H groups in total. The lowest BCUT2D eigenvalue weighted by Crippen LogP contribution is -2.34.